The lowest BCUT2D eigenvalue weighted by Crippen LogP contribution is -2.16. The van der Waals surface area contributed by atoms with E-state index in [1.165, 1.54) is 6.21 Å². The number of aromatic hydroxyl groups is 1. The summed E-state index contributed by atoms with van der Waals surface area (Å²) in [4.78, 5) is 11.3. The second kappa shape index (κ2) is 7.93. The predicted octanol–water partition coefficient (Wildman–Crippen LogP) is 3.24. The molecule has 1 amide bonds. The van der Waals surface area contributed by atoms with Crippen LogP contribution in [0.15, 0.2) is 17.2 Å². The van der Waals surface area contributed by atoms with Gasteiger partial charge in [0, 0.05) is 15.6 Å². The first-order valence-electron chi connectivity index (χ1n) is 5.54. The lowest BCUT2D eigenvalue weighted by atomic mass is 10.2. The third kappa shape index (κ3) is 5.09. The molecule has 0 aliphatic heterocycles. The van der Waals surface area contributed by atoms with Gasteiger partial charge in [-0.25, -0.2) is 5.43 Å². The van der Waals surface area contributed by atoms with Gasteiger partial charge in [0.15, 0.2) is 0 Å². The monoisotopic (exact) mass is 472 g/mol. The highest BCUT2D eigenvalue weighted by molar-refractivity contribution is 14.1. The topological polar surface area (TPSA) is 61.7 Å². The molecule has 0 heterocycles. The number of phenolic OH excluding ortho intramolecular Hbond substituents is 1. The van der Waals surface area contributed by atoms with Crippen LogP contribution in [0.1, 0.15) is 31.7 Å². The van der Waals surface area contributed by atoms with Gasteiger partial charge in [0.2, 0.25) is 5.91 Å². The molecule has 6 heteroatoms. The Morgan fingerprint density at radius 2 is 2.22 bits per heavy atom. The number of benzene rings is 1. The Bertz CT molecular complexity index is 462. The summed E-state index contributed by atoms with van der Waals surface area (Å²) in [5, 5.41) is 13.7. The highest BCUT2D eigenvalue weighted by atomic mass is 127. The highest BCUT2D eigenvalue weighted by Crippen LogP contribution is 2.25. The average molecular weight is 472 g/mol. The van der Waals surface area contributed by atoms with Crippen molar-refractivity contribution in [2.24, 2.45) is 5.10 Å². The van der Waals surface area contributed by atoms with Crippen LogP contribution in [0.3, 0.4) is 0 Å². The van der Waals surface area contributed by atoms with Crippen molar-refractivity contribution < 1.29 is 9.90 Å². The van der Waals surface area contributed by atoms with E-state index in [1.807, 2.05) is 13.0 Å². The standard InChI is InChI=1S/C12H14I2N2O2/c1-2-3-4-11(17)16-15-7-8-5-9(13)6-10(14)12(8)18/h5-7,18H,2-4H2,1H3,(H,16,17)/b15-7+. The molecule has 1 aromatic rings. The summed E-state index contributed by atoms with van der Waals surface area (Å²) < 4.78 is 1.77. The van der Waals surface area contributed by atoms with Crippen LogP contribution in [0.2, 0.25) is 0 Å². The zero-order valence-electron chi connectivity index (χ0n) is 9.91. The van der Waals surface area contributed by atoms with E-state index in [-0.39, 0.29) is 11.7 Å². The molecule has 0 spiro atoms. The van der Waals surface area contributed by atoms with Crippen molar-refractivity contribution in [1.82, 2.24) is 5.43 Å². The smallest absolute Gasteiger partial charge is 0.240 e. The van der Waals surface area contributed by atoms with Crippen LogP contribution in [0.5, 0.6) is 5.75 Å². The number of halogens is 2. The van der Waals surface area contributed by atoms with E-state index in [0.717, 1.165) is 20.0 Å². The number of amides is 1. The maximum atomic E-state index is 11.3. The first kappa shape index (κ1) is 15.7. The molecular formula is C12H14I2N2O2. The van der Waals surface area contributed by atoms with Crippen LogP contribution in [0.4, 0.5) is 0 Å². The summed E-state index contributed by atoms with van der Waals surface area (Å²) in [5.74, 6) is 0.0792. The normalized spacial score (nSPS) is 10.8. The van der Waals surface area contributed by atoms with Gasteiger partial charge in [0.25, 0.3) is 0 Å². The zero-order valence-corrected chi connectivity index (χ0v) is 14.2. The van der Waals surface area contributed by atoms with Crippen LogP contribution in [0, 0.1) is 7.14 Å². The minimum atomic E-state index is -0.104. The molecule has 0 unspecified atom stereocenters. The molecule has 0 fully saturated rings. The zero-order chi connectivity index (χ0) is 13.5. The van der Waals surface area contributed by atoms with E-state index in [0.29, 0.717) is 12.0 Å². The van der Waals surface area contributed by atoms with Gasteiger partial charge in [0.1, 0.15) is 5.75 Å². The largest absolute Gasteiger partial charge is 0.506 e. The Hall–Kier alpha value is -0.380. The Morgan fingerprint density at radius 1 is 1.50 bits per heavy atom. The first-order valence-corrected chi connectivity index (χ1v) is 7.70. The van der Waals surface area contributed by atoms with Gasteiger partial charge in [0.05, 0.1) is 9.78 Å². The Labute approximate surface area is 134 Å². The highest BCUT2D eigenvalue weighted by Gasteiger charge is 2.05. The van der Waals surface area contributed by atoms with E-state index < -0.39 is 0 Å². The number of hydrogen-bond donors (Lipinski definition) is 2. The van der Waals surface area contributed by atoms with Gasteiger partial charge in [-0.15, -0.1) is 0 Å². The maximum Gasteiger partial charge on any atom is 0.240 e. The molecule has 1 aromatic carbocycles. The number of carbonyl (C=O) groups is 1. The van der Waals surface area contributed by atoms with Crippen molar-refractivity contribution in [3.8, 4) is 5.75 Å². The number of hydrogen-bond acceptors (Lipinski definition) is 3. The number of rotatable bonds is 5. The summed E-state index contributed by atoms with van der Waals surface area (Å²) in [6.07, 6.45) is 3.77. The molecule has 2 N–H and O–H groups in total. The Kier molecular flexibility index (Phi) is 6.90. The summed E-state index contributed by atoms with van der Waals surface area (Å²) in [6, 6.07) is 3.67. The van der Waals surface area contributed by atoms with E-state index in [9.17, 15) is 9.90 Å². The molecule has 1 rings (SSSR count). The molecule has 0 aliphatic rings. The first-order chi connectivity index (χ1) is 8.54. The van der Waals surface area contributed by atoms with Crippen LogP contribution < -0.4 is 5.43 Å². The fourth-order valence-electron chi connectivity index (χ4n) is 1.25. The third-order valence-corrected chi connectivity index (χ3v) is 3.65. The number of nitrogens with zero attached hydrogens (tertiary/aromatic N) is 1. The minimum Gasteiger partial charge on any atom is -0.506 e. The summed E-state index contributed by atoms with van der Waals surface area (Å²) >= 11 is 4.22. The second-order valence-corrected chi connectivity index (χ2v) is 6.13. The number of phenols is 1. The van der Waals surface area contributed by atoms with Crippen LogP contribution in [-0.2, 0) is 4.79 Å². The molecule has 0 saturated carbocycles. The van der Waals surface area contributed by atoms with Crippen LogP contribution in [0.25, 0.3) is 0 Å². The second-order valence-electron chi connectivity index (χ2n) is 3.72. The fraction of sp³-hybridized carbons (Fsp3) is 0.333. The van der Waals surface area contributed by atoms with Gasteiger partial charge >= 0.3 is 0 Å². The van der Waals surface area contributed by atoms with Crippen molar-refractivity contribution in [3.05, 3.63) is 24.8 Å². The molecular weight excluding hydrogens is 458 g/mol. The van der Waals surface area contributed by atoms with E-state index in [2.05, 4.69) is 55.7 Å². The molecule has 4 nitrogen and oxygen atoms in total. The van der Waals surface area contributed by atoms with Crippen molar-refractivity contribution in [3.63, 3.8) is 0 Å². The van der Waals surface area contributed by atoms with Crippen LogP contribution >= 0.6 is 45.2 Å². The van der Waals surface area contributed by atoms with Gasteiger partial charge in [-0.1, -0.05) is 13.3 Å². The van der Waals surface area contributed by atoms with E-state index in [4.69, 9.17) is 0 Å². The van der Waals surface area contributed by atoms with Crippen molar-refractivity contribution in [2.45, 2.75) is 26.2 Å². The molecule has 18 heavy (non-hydrogen) atoms. The average Bonchev–Trinajstić information content (AvgIpc) is 2.32. The number of nitrogens with one attached hydrogen (secondary N) is 1. The molecule has 0 atom stereocenters. The van der Waals surface area contributed by atoms with Crippen molar-refractivity contribution in [1.29, 1.82) is 0 Å². The molecule has 98 valence electrons. The lowest BCUT2D eigenvalue weighted by Gasteiger charge is -2.03. The third-order valence-electron chi connectivity index (χ3n) is 2.21. The molecule has 0 bridgehead atoms. The molecule has 0 aliphatic carbocycles. The van der Waals surface area contributed by atoms with E-state index in [1.54, 1.807) is 6.07 Å². The number of carbonyl (C=O) groups excluding carboxylic acids is 1. The van der Waals surface area contributed by atoms with Gasteiger partial charge < -0.3 is 5.11 Å². The summed E-state index contributed by atoms with van der Waals surface area (Å²) in [6.45, 7) is 2.03. The summed E-state index contributed by atoms with van der Waals surface area (Å²) in [5.41, 5.74) is 3.05. The Balaban J connectivity index is 2.65. The van der Waals surface area contributed by atoms with Gasteiger partial charge in [-0.05, 0) is 63.7 Å². The lowest BCUT2D eigenvalue weighted by molar-refractivity contribution is -0.121. The minimum absolute atomic E-state index is 0.104. The fourth-order valence-corrected chi connectivity index (χ4v) is 3.14. The quantitative estimate of drug-likeness (QED) is 0.393. The SMILES string of the molecule is CCCCC(=O)N/N=C/c1cc(I)cc(I)c1O. The van der Waals surface area contributed by atoms with Crippen molar-refractivity contribution in [2.75, 3.05) is 0 Å². The Morgan fingerprint density at radius 3 is 2.89 bits per heavy atom. The molecule has 0 saturated heterocycles. The van der Waals surface area contributed by atoms with E-state index >= 15 is 0 Å². The van der Waals surface area contributed by atoms with Gasteiger partial charge in [-0.2, -0.15) is 5.10 Å². The molecule has 0 aromatic heterocycles. The predicted molar refractivity (Wildman–Crippen MR) is 88.8 cm³/mol. The molecule has 0 radical (unpaired) electrons. The van der Waals surface area contributed by atoms with Gasteiger partial charge in [-0.3, -0.25) is 4.79 Å². The number of unbranched alkanes of at least 4 members (excludes halogenated alkanes) is 1. The van der Waals surface area contributed by atoms with Crippen molar-refractivity contribution >= 4 is 57.3 Å². The van der Waals surface area contributed by atoms with Crippen LogP contribution in [-0.4, -0.2) is 17.2 Å². The number of hydrazone groups is 1. The maximum absolute atomic E-state index is 11.3. The summed E-state index contributed by atoms with van der Waals surface area (Å²) in [7, 11) is 0.